The molecule has 0 spiro atoms. The molecular formula is C25H25N5O5S. The zero-order valence-electron chi connectivity index (χ0n) is 20.0. The Kier molecular flexibility index (Phi) is 6.15. The van der Waals surface area contributed by atoms with Crippen LogP contribution >= 0.6 is 0 Å². The number of amides is 1. The smallest absolute Gasteiger partial charge is 0.306 e. The summed E-state index contributed by atoms with van der Waals surface area (Å²) in [6.45, 7) is 4.58. The zero-order valence-corrected chi connectivity index (χ0v) is 20.8. The van der Waals surface area contributed by atoms with Gasteiger partial charge in [0, 0.05) is 44.5 Å². The number of rotatable bonds is 2. The molecule has 1 fully saturated rings. The van der Waals surface area contributed by atoms with Crippen LogP contribution in [0.2, 0.25) is 0 Å². The molecule has 4 heterocycles. The van der Waals surface area contributed by atoms with Crippen molar-refractivity contribution in [3.63, 3.8) is 0 Å². The van der Waals surface area contributed by atoms with Crippen molar-refractivity contribution in [2.24, 2.45) is 0 Å². The van der Waals surface area contributed by atoms with E-state index >= 15 is 0 Å². The summed E-state index contributed by atoms with van der Waals surface area (Å²) in [5, 5.41) is 9.64. The van der Waals surface area contributed by atoms with Gasteiger partial charge in [-0.15, -0.1) is 0 Å². The van der Waals surface area contributed by atoms with Gasteiger partial charge in [0.15, 0.2) is 0 Å². The Bertz CT molecular complexity index is 1490. The molecular weight excluding hydrogens is 482 g/mol. The topological polar surface area (TPSA) is 118 Å². The molecule has 0 N–H and O–H groups in total. The maximum absolute atomic E-state index is 13.0. The van der Waals surface area contributed by atoms with Gasteiger partial charge in [-0.1, -0.05) is 6.07 Å². The first-order chi connectivity index (χ1) is 17.2. The highest BCUT2D eigenvalue weighted by molar-refractivity contribution is 7.86. The van der Waals surface area contributed by atoms with Crippen LogP contribution in [0.4, 0.5) is 0 Å². The number of benzene rings is 2. The van der Waals surface area contributed by atoms with Crippen LogP contribution in [0.3, 0.4) is 0 Å². The molecule has 10 nitrogen and oxygen atoms in total. The Morgan fingerprint density at radius 3 is 2.67 bits per heavy atom. The molecule has 3 aliphatic heterocycles. The second kappa shape index (κ2) is 9.29. The molecule has 11 heteroatoms. The van der Waals surface area contributed by atoms with Gasteiger partial charge in [0.2, 0.25) is 5.91 Å². The molecule has 1 saturated heterocycles. The third-order valence-corrected chi connectivity index (χ3v) is 6.77. The number of piperazine rings is 1. The Labute approximate surface area is 209 Å². The lowest BCUT2D eigenvalue weighted by molar-refractivity contribution is -0.136. The Morgan fingerprint density at radius 2 is 1.92 bits per heavy atom. The van der Waals surface area contributed by atoms with Crippen LogP contribution in [-0.2, 0) is 34.5 Å². The van der Waals surface area contributed by atoms with Gasteiger partial charge in [0.1, 0.15) is 29.1 Å². The van der Waals surface area contributed by atoms with Crippen LogP contribution in [0.1, 0.15) is 28.2 Å². The summed E-state index contributed by atoms with van der Waals surface area (Å²) >= 11 is 0. The standard InChI is InChI=1S/C25H25N5O5S/c1-17-27-12-21-15-28-7-8-29(25(31)16-28)14-20-10-22(5-6-23(20)35-36(2,32)33)34-24-9-18(13-30(17)21)3-4-19(24)11-26/h3-6,9-10,12H,7-8,13-16H2,1-2H3. The van der Waals surface area contributed by atoms with Gasteiger partial charge in [-0.05, 0) is 42.8 Å². The first kappa shape index (κ1) is 23.8. The molecule has 1 atom stereocenters. The molecule has 0 saturated carbocycles. The largest absolute Gasteiger partial charge is 0.456 e. The molecule has 36 heavy (non-hydrogen) atoms. The number of nitrogens with zero attached hydrogens (tertiary/aromatic N) is 5. The second-order valence-corrected chi connectivity index (χ2v) is 10.6. The third-order valence-electron chi connectivity index (χ3n) is 6.29. The van der Waals surface area contributed by atoms with Crippen molar-refractivity contribution in [2.75, 3.05) is 25.9 Å². The molecule has 0 radical (unpaired) electrons. The van der Waals surface area contributed by atoms with Gasteiger partial charge in [-0.25, -0.2) is 4.98 Å². The number of carbonyl (C=O) groups excluding carboxylic acids is 1. The quantitative estimate of drug-likeness (QED) is 0.486. The summed E-state index contributed by atoms with van der Waals surface area (Å²) in [5.41, 5.74) is 2.78. The van der Waals surface area contributed by atoms with Gasteiger partial charge in [0.05, 0.1) is 24.1 Å². The maximum atomic E-state index is 13.0. The molecule has 186 valence electrons. The first-order valence-corrected chi connectivity index (χ1v) is 13.2. The van der Waals surface area contributed by atoms with E-state index in [1.165, 1.54) is 6.07 Å². The minimum absolute atomic E-state index is 0.0651. The van der Waals surface area contributed by atoms with Crippen molar-refractivity contribution < 1.29 is 22.1 Å². The van der Waals surface area contributed by atoms with Crippen LogP contribution in [-0.4, -0.2) is 59.6 Å². The third kappa shape index (κ3) is 5.05. The van der Waals surface area contributed by atoms with Crippen LogP contribution in [0.15, 0.2) is 42.6 Å². The van der Waals surface area contributed by atoms with E-state index in [4.69, 9.17) is 8.92 Å². The second-order valence-electron chi connectivity index (χ2n) is 9.01. The van der Waals surface area contributed by atoms with Crippen molar-refractivity contribution in [1.29, 1.82) is 5.26 Å². The number of carbonyl (C=O) groups is 1. The molecule has 2 aromatic carbocycles. The minimum atomic E-state index is -3.78. The van der Waals surface area contributed by atoms with Gasteiger partial charge in [-0.3, -0.25) is 9.69 Å². The summed E-state index contributed by atoms with van der Waals surface area (Å²) in [6, 6.07) is 12.3. The van der Waals surface area contributed by atoms with E-state index in [0.717, 1.165) is 23.3 Å². The summed E-state index contributed by atoms with van der Waals surface area (Å²) in [5.74, 6) is 1.71. The van der Waals surface area contributed by atoms with Crippen molar-refractivity contribution >= 4 is 16.0 Å². The van der Waals surface area contributed by atoms with Crippen LogP contribution in [0, 0.1) is 18.3 Å². The van der Waals surface area contributed by atoms with Crippen LogP contribution in [0.25, 0.3) is 0 Å². The van der Waals surface area contributed by atoms with E-state index in [0.29, 0.717) is 48.8 Å². The SMILES string of the molecule is Cc1ncc2n1Cc1ccc(C#N)c(c1)Oc1ccc(OS(C)(=O)=O)c(c1)CN1CCN(CC1=O)C2. The fourth-order valence-corrected chi connectivity index (χ4v) is 4.98. The number of aryl methyl sites for hydroxylation is 1. The predicted octanol–water partition coefficient (Wildman–Crippen LogP) is 2.40. The number of aromatic nitrogens is 2. The molecule has 1 unspecified atom stereocenters. The normalized spacial score (nSPS) is 17.8. The number of ether oxygens (including phenoxy) is 1. The lowest BCUT2D eigenvalue weighted by Crippen LogP contribution is -2.49. The fourth-order valence-electron chi connectivity index (χ4n) is 4.49. The van der Waals surface area contributed by atoms with Crippen molar-refractivity contribution in [3.8, 4) is 23.3 Å². The van der Waals surface area contributed by atoms with E-state index < -0.39 is 10.1 Å². The van der Waals surface area contributed by atoms with Crippen molar-refractivity contribution in [2.45, 2.75) is 26.6 Å². The lowest BCUT2D eigenvalue weighted by atomic mass is 10.1. The van der Waals surface area contributed by atoms with Gasteiger partial charge in [-0.2, -0.15) is 13.7 Å². The fraction of sp³-hybridized carbons (Fsp3) is 0.320. The van der Waals surface area contributed by atoms with E-state index in [2.05, 4.69) is 20.5 Å². The molecule has 1 aromatic heterocycles. The predicted molar refractivity (Wildman–Crippen MR) is 130 cm³/mol. The monoisotopic (exact) mass is 507 g/mol. The van der Waals surface area contributed by atoms with Crippen LogP contribution < -0.4 is 8.92 Å². The molecule has 6 bridgehead atoms. The highest BCUT2D eigenvalue weighted by Gasteiger charge is 2.27. The van der Waals surface area contributed by atoms with Crippen molar-refractivity contribution in [1.82, 2.24) is 19.4 Å². The number of hydrogen-bond acceptors (Lipinski definition) is 8. The molecule has 6 rings (SSSR count). The highest BCUT2D eigenvalue weighted by Crippen LogP contribution is 2.32. The molecule has 3 aliphatic rings. The molecule has 0 aliphatic carbocycles. The zero-order chi connectivity index (χ0) is 25.4. The van der Waals surface area contributed by atoms with Gasteiger partial charge < -0.3 is 18.4 Å². The average Bonchev–Trinajstić information content (AvgIpc) is 3.15. The number of nitriles is 1. The first-order valence-electron chi connectivity index (χ1n) is 11.4. The van der Waals surface area contributed by atoms with Gasteiger partial charge >= 0.3 is 10.1 Å². The van der Waals surface area contributed by atoms with Crippen molar-refractivity contribution in [3.05, 3.63) is 70.8 Å². The Morgan fingerprint density at radius 1 is 1.08 bits per heavy atom. The summed E-state index contributed by atoms with van der Waals surface area (Å²) in [4.78, 5) is 21.3. The highest BCUT2D eigenvalue weighted by atomic mass is 32.2. The van der Waals surface area contributed by atoms with Crippen LogP contribution in [0.5, 0.6) is 17.2 Å². The Hall–Kier alpha value is -3.88. The number of imidazole rings is 1. The van der Waals surface area contributed by atoms with Gasteiger partial charge in [0.25, 0.3) is 0 Å². The number of hydrogen-bond donors (Lipinski definition) is 0. The summed E-state index contributed by atoms with van der Waals surface area (Å²) in [6.07, 6.45) is 2.80. The molecule has 3 aromatic rings. The maximum Gasteiger partial charge on any atom is 0.306 e. The average molecular weight is 508 g/mol. The summed E-state index contributed by atoms with van der Waals surface area (Å²) in [7, 11) is -3.78. The lowest BCUT2D eigenvalue weighted by Gasteiger charge is -2.34. The summed E-state index contributed by atoms with van der Waals surface area (Å²) < 4.78 is 37.1. The number of fused-ring (bicyclic) bond motifs is 2. The van der Waals surface area contributed by atoms with E-state index in [-0.39, 0.29) is 24.7 Å². The Balaban J connectivity index is 1.61. The molecule has 1 amide bonds. The minimum Gasteiger partial charge on any atom is -0.456 e. The van der Waals surface area contributed by atoms with E-state index in [1.54, 1.807) is 23.1 Å². The van der Waals surface area contributed by atoms with E-state index in [9.17, 15) is 18.5 Å². The van der Waals surface area contributed by atoms with E-state index in [1.807, 2.05) is 25.3 Å².